The Morgan fingerprint density at radius 3 is 2.62 bits per heavy atom. The number of nitrogens with zero attached hydrogens (tertiary/aromatic N) is 1. The van der Waals surface area contributed by atoms with Gasteiger partial charge in [0.15, 0.2) is 5.17 Å². The summed E-state index contributed by atoms with van der Waals surface area (Å²) in [5.41, 5.74) is 10.1. The summed E-state index contributed by atoms with van der Waals surface area (Å²) in [5.74, 6) is 0.693. The number of nitrogens with two attached hydrogens (primary N) is 2. The molecule has 0 amide bonds. The fraction of sp³-hybridized carbons (Fsp3) is 0.500. The Hall–Kier alpha value is -0.220. The van der Waals surface area contributed by atoms with Crippen LogP contribution >= 0.6 is 11.8 Å². The standard InChI is InChI=1S/C4H8N3S/c1-4(6)2-8-3(5)7-4/h1-2,6H2,(H2,5,7). The molecule has 1 heterocycles. The molecule has 0 saturated carbocycles. The van der Waals surface area contributed by atoms with Crippen molar-refractivity contribution in [3.63, 3.8) is 0 Å². The molecule has 8 heavy (non-hydrogen) atoms. The SMILES string of the molecule is [CH2]C1(N)CSC(N)=N1. The molecule has 0 spiro atoms. The van der Waals surface area contributed by atoms with E-state index < -0.39 is 5.66 Å². The first-order valence-corrected chi connectivity index (χ1v) is 3.21. The van der Waals surface area contributed by atoms with Crippen molar-refractivity contribution in [3.8, 4) is 0 Å². The van der Waals surface area contributed by atoms with E-state index in [1.165, 1.54) is 11.8 Å². The van der Waals surface area contributed by atoms with Crippen molar-refractivity contribution in [2.24, 2.45) is 16.5 Å². The van der Waals surface area contributed by atoms with Gasteiger partial charge in [-0.2, -0.15) is 0 Å². The highest BCUT2D eigenvalue weighted by Gasteiger charge is 2.23. The predicted molar refractivity (Wildman–Crippen MR) is 36.4 cm³/mol. The molecule has 1 rings (SSSR count). The van der Waals surface area contributed by atoms with Crippen LogP contribution in [-0.2, 0) is 0 Å². The second kappa shape index (κ2) is 1.63. The van der Waals surface area contributed by atoms with Gasteiger partial charge in [0.2, 0.25) is 0 Å². The molecule has 4 heteroatoms. The molecule has 0 aliphatic carbocycles. The minimum absolute atomic E-state index is 0.544. The maximum Gasteiger partial charge on any atom is 0.155 e. The molecule has 0 saturated heterocycles. The van der Waals surface area contributed by atoms with Crippen molar-refractivity contribution in [3.05, 3.63) is 6.92 Å². The van der Waals surface area contributed by atoms with Crippen LogP contribution in [0.3, 0.4) is 0 Å². The second-order valence-corrected chi connectivity index (χ2v) is 2.84. The number of hydrogen-bond acceptors (Lipinski definition) is 4. The summed E-state index contributed by atoms with van der Waals surface area (Å²) in [4.78, 5) is 3.84. The first kappa shape index (κ1) is 5.91. The van der Waals surface area contributed by atoms with Gasteiger partial charge in [-0.15, -0.1) is 0 Å². The van der Waals surface area contributed by atoms with Crippen molar-refractivity contribution >= 4 is 16.9 Å². The third-order valence-electron chi connectivity index (χ3n) is 0.803. The van der Waals surface area contributed by atoms with E-state index in [0.29, 0.717) is 10.9 Å². The van der Waals surface area contributed by atoms with Crippen LogP contribution < -0.4 is 11.5 Å². The van der Waals surface area contributed by atoms with Crippen molar-refractivity contribution in [1.29, 1.82) is 0 Å². The van der Waals surface area contributed by atoms with Gasteiger partial charge in [-0.05, 0) is 6.92 Å². The van der Waals surface area contributed by atoms with Crippen LogP contribution in [0.5, 0.6) is 0 Å². The Kier molecular flexibility index (Phi) is 1.21. The monoisotopic (exact) mass is 130 g/mol. The third-order valence-corrected chi connectivity index (χ3v) is 1.83. The highest BCUT2D eigenvalue weighted by Crippen LogP contribution is 2.19. The molecule has 1 atom stereocenters. The smallest absolute Gasteiger partial charge is 0.155 e. The van der Waals surface area contributed by atoms with E-state index in [4.69, 9.17) is 11.5 Å². The number of aliphatic imine (C=N–C) groups is 1. The molecule has 0 aromatic carbocycles. The van der Waals surface area contributed by atoms with Gasteiger partial charge < -0.3 is 11.5 Å². The molecule has 4 N–H and O–H groups in total. The van der Waals surface area contributed by atoms with E-state index in [-0.39, 0.29) is 0 Å². The van der Waals surface area contributed by atoms with Gasteiger partial charge in [0.25, 0.3) is 0 Å². The van der Waals surface area contributed by atoms with Crippen LogP contribution in [0.2, 0.25) is 0 Å². The van der Waals surface area contributed by atoms with Crippen LogP contribution in [-0.4, -0.2) is 16.6 Å². The van der Waals surface area contributed by atoms with Gasteiger partial charge in [0, 0.05) is 5.75 Å². The summed E-state index contributed by atoms with van der Waals surface area (Å²) in [6.45, 7) is 3.61. The fourth-order valence-corrected chi connectivity index (χ4v) is 1.19. The van der Waals surface area contributed by atoms with E-state index in [9.17, 15) is 0 Å². The first-order chi connectivity index (χ1) is 3.60. The van der Waals surface area contributed by atoms with Gasteiger partial charge in [0.05, 0.1) is 0 Å². The molecule has 1 aliphatic heterocycles. The van der Waals surface area contributed by atoms with Gasteiger partial charge in [-0.3, -0.25) is 0 Å². The lowest BCUT2D eigenvalue weighted by atomic mass is 10.3. The van der Waals surface area contributed by atoms with Gasteiger partial charge in [-0.1, -0.05) is 11.8 Å². The maximum absolute atomic E-state index is 5.47. The summed E-state index contributed by atoms with van der Waals surface area (Å²) in [6, 6.07) is 0. The lowest BCUT2D eigenvalue weighted by Crippen LogP contribution is -2.34. The third kappa shape index (κ3) is 1.14. The Morgan fingerprint density at radius 1 is 1.88 bits per heavy atom. The summed E-state index contributed by atoms with van der Waals surface area (Å²) in [6.07, 6.45) is 0. The lowest BCUT2D eigenvalue weighted by Gasteiger charge is -2.09. The van der Waals surface area contributed by atoms with E-state index in [0.717, 1.165) is 0 Å². The minimum Gasteiger partial charge on any atom is -0.378 e. The van der Waals surface area contributed by atoms with Gasteiger partial charge >= 0.3 is 0 Å². The summed E-state index contributed by atoms with van der Waals surface area (Å²) in [7, 11) is 0. The molecular weight excluding hydrogens is 122 g/mol. The Bertz CT molecular complexity index is 129. The van der Waals surface area contributed by atoms with E-state index >= 15 is 0 Å². The highest BCUT2D eigenvalue weighted by atomic mass is 32.2. The van der Waals surface area contributed by atoms with E-state index in [1.54, 1.807) is 0 Å². The minimum atomic E-state index is -0.658. The molecular formula is C4H8N3S. The van der Waals surface area contributed by atoms with Gasteiger partial charge in [0.1, 0.15) is 5.66 Å². The Morgan fingerprint density at radius 2 is 2.50 bits per heavy atom. The first-order valence-electron chi connectivity index (χ1n) is 2.22. The summed E-state index contributed by atoms with van der Waals surface area (Å²) >= 11 is 1.44. The molecule has 3 nitrogen and oxygen atoms in total. The predicted octanol–water partition coefficient (Wildman–Crippen LogP) is -0.463. The van der Waals surface area contributed by atoms with Crippen molar-refractivity contribution in [1.82, 2.24) is 0 Å². The topological polar surface area (TPSA) is 64.4 Å². The molecule has 1 radical (unpaired) electrons. The average molecular weight is 130 g/mol. The van der Waals surface area contributed by atoms with E-state index in [1.807, 2.05) is 0 Å². The Balaban J connectivity index is 2.67. The molecule has 0 bridgehead atoms. The zero-order valence-corrected chi connectivity index (χ0v) is 5.24. The number of amidine groups is 1. The number of rotatable bonds is 0. The fourth-order valence-electron chi connectivity index (χ4n) is 0.483. The quantitative estimate of drug-likeness (QED) is 0.466. The van der Waals surface area contributed by atoms with Crippen LogP contribution in [0.15, 0.2) is 4.99 Å². The molecule has 45 valence electrons. The van der Waals surface area contributed by atoms with E-state index in [2.05, 4.69) is 11.9 Å². The molecule has 0 aromatic rings. The van der Waals surface area contributed by atoms with Gasteiger partial charge in [-0.25, -0.2) is 4.99 Å². The van der Waals surface area contributed by atoms with Crippen LogP contribution in [0.1, 0.15) is 0 Å². The average Bonchev–Trinajstić information content (AvgIpc) is 1.82. The zero-order chi connectivity index (χ0) is 6.20. The molecule has 0 aromatic heterocycles. The highest BCUT2D eigenvalue weighted by molar-refractivity contribution is 8.14. The largest absolute Gasteiger partial charge is 0.378 e. The molecule has 1 unspecified atom stereocenters. The van der Waals surface area contributed by atoms with Crippen LogP contribution in [0.4, 0.5) is 0 Å². The van der Waals surface area contributed by atoms with Crippen molar-refractivity contribution < 1.29 is 0 Å². The Labute approximate surface area is 52.5 Å². The second-order valence-electron chi connectivity index (χ2n) is 1.84. The number of hydrogen-bond donors (Lipinski definition) is 2. The lowest BCUT2D eigenvalue weighted by molar-refractivity contribution is 0.638. The van der Waals surface area contributed by atoms with Crippen molar-refractivity contribution in [2.45, 2.75) is 5.66 Å². The normalized spacial score (nSPS) is 37.5. The molecule has 0 fully saturated rings. The van der Waals surface area contributed by atoms with Crippen LogP contribution in [0.25, 0.3) is 0 Å². The summed E-state index contributed by atoms with van der Waals surface area (Å²) in [5, 5.41) is 0.544. The summed E-state index contributed by atoms with van der Waals surface area (Å²) < 4.78 is 0. The maximum atomic E-state index is 5.47. The zero-order valence-electron chi connectivity index (χ0n) is 4.42. The van der Waals surface area contributed by atoms with Crippen LogP contribution in [0, 0.1) is 6.92 Å². The molecule has 1 aliphatic rings. The number of thioether (sulfide) groups is 1. The van der Waals surface area contributed by atoms with Crippen molar-refractivity contribution in [2.75, 3.05) is 5.75 Å².